The average Bonchev–Trinajstić information content (AvgIpc) is 3.06. The van der Waals surface area contributed by atoms with Crippen LogP contribution in [0.15, 0.2) is 85.2 Å². The first kappa shape index (κ1) is 34.3. The molecule has 2 heterocycles. The Morgan fingerprint density at radius 3 is 2.10 bits per heavy atom. The number of likely N-dealkylation sites (tertiary alicyclic amines) is 1. The molecule has 9 nitrogen and oxygen atoms in total. The number of benzene rings is 3. The van der Waals surface area contributed by atoms with Gasteiger partial charge in [0.05, 0.1) is 12.5 Å². The fourth-order valence-electron chi connectivity index (χ4n) is 5.67. The summed E-state index contributed by atoms with van der Waals surface area (Å²) in [6.07, 6.45) is 7.96. The summed E-state index contributed by atoms with van der Waals surface area (Å²) in [7, 11) is 0. The smallest absolute Gasteiger partial charge is 0.310 e. The zero-order valence-electron chi connectivity index (χ0n) is 27.9. The zero-order chi connectivity index (χ0) is 34.0. The fraction of sp³-hybridized carbons (Fsp3) is 0.359. The Kier molecular flexibility index (Phi) is 11.6. The molecule has 1 aliphatic rings. The fourth-order valence-corrected chi connectivity index (χ4v) is 5.67. The molecular formula is C39H44N4O5. The van der Waals surface area contributed by atoms with E-state index in [-0.39, 0.29) is 31.3 Å². The third-order valence-corrected chi connectivity index (χ3v) is 8.59. The van der Waals surface area contributed by atoms with Crippen LogP contribution in [-0.4, -0.2) is 63.5 Å². The van der Waals surface area contributed by atoms with Gasteiger partial charge in [-0.05, 0) is 66.1 Å². The van der Waals surface area contributed by atoms with Gasteiger partial charge in [-0.25, -0.2) is 9.97 Å². The molecule has 2 N–H and O–H groups in total. The van der Waals surface area contributed by atoms with Crippen LogP contribution in [0.5, 0.6) is 5.75 Å². The number of aromatic nitrogens is 2. The second-order valence-electron chi connectivity index (χ2n) is 12.9. The van der Waals surface area contributed by atoms with E-state index in [9.17, 15) is 19.5 Å². The molecule has 1 atom stereocenters. The minimum Gasteiger partial charge on any atom is -0.494 e. The van der Waals surface area contributed by atoms with E-state index in [4.69, 9.17) is 4.74 Å². The molecular weight excluding hydrogens is 604 g/mol. The maximum Gasteiger partial charge on any atom is 0.310 e. The highest BCUT2D eigenvalue weighted by Gasteiger charge is 2.38. The van der Waals surface area contributed by atoms with Crippen molar-refractivity contribution >= 4 is 17.8 Å². The van der Waals surface area contributed by atoms with Gasteiger partial charge in [0.25, 0.3) is 5.91 Å². The number of hydrogen-bond donors (Lipinski definition) is 2. The van der Waals surface area contributed by atoms with Crippen LogP contribution in [0.2, 0.25) is 0 Å². The predicted octanol–water partition coefficient (Wildman–Crippen LogP) is 6.46. The third-order valence-electron chi connectivity index (χ3n) is 8.59. The Hall–Kier alpha value is -5.05. The minimum atomic E-state index is -0.923. The molecule has 2 amide bonds. The van der Waals surface area contributed by atoms with Gasteiger partial charge in [-0.1, -0.05) is 75.7 Å². The molecule has 250 valence electrons. The number of hydrogen-bond acceptors (Lipinski definition) is 6. The molecule has 48 heavy (non-hydrogen) atoms. The summed E-state index contributed by atoms with van der Waals surface area (Å²) in [5, 5.41) is 12.2. The number of carboxylic acids is 1. The number of carboxylic acid groups (broad SMARTS) is 1. The highest BCUT2D eigenvalue weighted by atomic mass is 16.5. The molecule has 0 aliphatic carbocycles. The molecule has 1 saturated heterocycles. The van der Waals surface area contributed by atoms with Gasteiger partial charge in [0.15, 0.2) is 5.82 Å². The quantitative estimate of drug-likeness (QED) is 0.142. The molecule has 3 aromatic carbocycles. The Morgan fingerprint density at radius 1 is 0.875 bits per heavy atom. The van der Waals surface area contributed by atoms with E-state index in [1.54, 1.807) is 24.5 Å². The van der Waals surface area contributed by atoms with Gasteiger partial charge in [0, 0.05) is 48.6 Å². The molecule has 1 aromatic heterocycles. The molecule has 0 spiro atoms. The summed E-state index contributed by atoms with van der Waals surface area (Å²) in [5.74, 6) is -0.0572. The maximum atomic E-state index is 13.4. The molecule has 0 bridgehead atoms. The van der Waals surface area contributed by atoms with E-state index in [2.05, 4.69) is 36.1 Å². The number of carbonyl (C=O) groups is 3. The second kappa shape index (κ2) is 16.2. The number of nitrogens with zero attached hydrogens (tertiary/aromatic N) is 3. The van der Waals surface area contributed by atoms with Crippen LogP contribution in [0, 0.1) is 11.8 Å². The van der Waals surface area contributed by atoms with Crippen molar-refractivity contribution in [2.75, 3.05) is 19.7 Å². The van der Waals surface area contributed by atoms with Crippen LogP contribution in [0.4, 0.5) is 0 Å². The van der Waals surface area contributed by atoms with Crippen LogP contribution in [0.3, 0.4) is 0 Å². The topological polar surface area (TPSA) is 122 Å². The van der Waals surface area contributed by atoms with Crippen molar-refractivity contribution in [3.63, 3.8) is 0 Å². The molecule has 9 heteroatoms. The van der Waals surface area contributed by atoms with E-state index in [1.807, 2.05) is 60.7 Å². The first-order valence-electron chi connectivity index (χ1n) is 16.8. The van der Waals surface area contributed by atoms with Crippen LogP contribution in [0.25, 0.3) is 22.5 Å². The average molecular weight is 649 g/mol. The van der Waals surface area contributed by atoms with Crippen molar-refractivity contribution in [1.29, 1.82) is 0 Å². The number of aryl methyl sites for hydroxylation is 1. The predicted molar refractivity (Wildman–Crippen MR) is 186 cm³/mol. The van der Waals surface area contributed by atoms with Crippen LogP contribution in [-0.2, 0) is 22.4 Å². The zero-order valence-corrected chi connectivity index (χ0v) is 27.9. The third kappa shape index (κ3) is 9.06. The first-order valence-corrected chi connectivity index (χ1v) is 16.8. The molecule has 0 saturated carbocycles. The number of aliphatic carboxylic acids is 1. The number of rotatable bonds is 15. The monoisotopic (exact) mass is 648 g/mol. The van der Waals surface area contributed by atoms with E-state index in [1.165, 1.54) is 4.90 Å². The van der Waals surface area contributed by atoms with Gasteiger partial charge in [0.1, 0.15) is 11.8 Å². The van der Waals surface area contributed by atoms with Gasteiger partial charge in [-0.15, -0.1) is 0 Å². The highest BCUT2D eigenvalue weighted by Crippen LogP contribution is 2.24. The summed E-state index contributed by atoms with van der Waals surface area (Å²) in [4.78, 5) is 48.6. The lowest BCUT2D eigenvalue weighted by atomic mass is 9.96. The Balaban J connectivity index is 1.23. The van der Waals surface area contributed by atoms with Crippen molar-refractivity contribution in [1.82, 2.24) is 20.2 Å². The van der Waals surface area contributed by atoms with Crippen molar-refractivity contribution in [2.45, 2.75) is 58.9 Å². The number of nitrogens with one attached hydrogen (secondary N) is 1. The number of ether oxygens (including phenoxy) is 1. The van der Waals surface area contributed by atoms with Gasteiger partial charge in [-0.2, -0.15) is 0 Å². The first-order chi connectivity index (χ1) is 23.2. The van der Waals surface area contributed by atoms with Crippen LogP contribution < -0.4 is 10.1 Å². The molecule has 0 unspecified atom stereocenters. The largest absolute Gasteiger partial charge is 0.494 e. The maximum absolute atomic E-state index is 13.4. The van der Waals surface area contributed by atoms with Crippen LogP contribution >= 0.6 is 0 Å². The van der Waals surface area contributed by atoms with E-state index in [0.29, 0.717) is 23.9 Å². The van der Waals surface area contributed by atoms with Crippen molar-refractivity contribution < 1.29 is 24.2 Å². The molecule has 1 fully saturated rings. The van der Waals surface area contributed by atoms with Gasteiger partial charge in [0.2, 0.25) is 5.91 Å². The van der Waals surface area contributed by atoms with E-state index in [0.717, 1.165) is 59.3 Å². The summed E-state index contributed by atoms with van der Waals surface area (Å²) >= 11 is 0. The summed E-state index contributed by atoms with van der Waals surface area (Å²) in [6.45, 7) is 7.50. The summed E-state index contributed by atoms with van der Waals surface area (Å²) < 4.78 is 5.86. The standard InChI is InChI=1S/C39H44N4O5/c1-4-6-27-8-14-31(15-9-27)37(44)42-35(38(45)43-24-33(25-43)39(46)47)21-28-10-12-30(13-11-28)36-40-22-32(23-41-36)29-16-18-34(19-17-29)48-20-5-7-26(2)3/h8-19,22-23,26,33,35H,4-7,20-21,24-25H2,1-3H3,(H,42,44)(H,46,47)/t35-/m0/s1. The number of amides is 2. The lowest BCUT2D eigenvalue weighted by Crippen LogP contribution is -2.59. The van der Waals surface area contributed by atoms with E-state index < -0.39 is 17.9 Å². The van der Waals surface area contributed by atoms with Crippen molar-refractivity contribution in [3.8, 4) is 28.3 Å². The van der Waals surface area contributed by atoms with Crippen molar-refractivity contribution in [3.05, 3.63) is 102 Å². The second-order valence-corrected chi connectivity index (χ2v) is 12.9. The molecule has 4 aromatic rings. The molecule has 5 rings (SSSR count). The Labute approximate surface area is 282 Å². The lowest BCUT2D eigenvalue weighted by Gasteiger charge is -2.39. The summed E-state index contributed by atoms with van der Waals surface area (Å²) in [6, 6.07) is 22.1. The van der Waals surface area contributed by atoms with Gasteiger partial charge in [-0.3, -0.25) is 14.4 Å². The molecule has 0 radical (unpaired) electrons. The van der Waals surface area contributed by atoms with Gasteiger partial charge < -0.3 is 20.1 Å². The Bertz CT molecular complexity index is 1660. The van der Waals surface area contributed by atoms with Gasteiger partial charge >= 0.3 is 5.97 Å². The van der Waals surface area contributed by atoms with Crippen molar-refractivity contribution in [2.24, 2.45) is 11.8 Å². The van der Waals surface area contributed by atoms with E-state index >= 15 is 0 Å². The lowest BCUT2D eigenvalue weighted by molar-refractivity contribution is -0.153. The minimum absolute atomic E-state index is 0.134. The highest BCUT2D eigenvalue weighted by molar-refractivity contribution is 5.98. The SMILES string of the molecule is CCCc1ccc(C(=O)N[C@@H](Cc2ccc(-c3ncc(-c4ccc(OCCCC(C)C)cc4)cn3)cc2)C(=O)N2CC(C(=O)O)C2)cc1. The summed E-state index contributed by atoms with van der Waals surface area (Å²) in [5.41, 5.74) is 5.17. The van der Waals surface area contributed by atoms with Crippen LogP contribution in [0.1, 0.15) is 61.5 Å². The Morgan fingerprint density at radius 2 is 1.50 bits per heavy atom. The number of carbonyl (C=O) groups excluding carboxylic acids is 2. The normalized spacial score (nSPS) is 13.5. The molecule has 1 aliphatic heterocycles.